The zero-order valence-corrected chi connectivity index (χ0v) is 25.6. The Kier molecular flexibility index (Phi) is 7.18. The molecular weight excluding hydrogens is 580 g/mol. The van der Waals surface area contributed by atoms with Crippen molar-refractivity contribution < 1.29 is 19.8 Å². The van der Waals surface area contributed by atoms with Crippen molar-refractivity contribution in [1.29, 1.82) is 0 Å². The van der Waals surface area contributed by atoms with E-state index >= 15 is 0 Å². The fourth-order valence-corrected chi connectivity index (χ4v) is 6.67. The van der Waals surface area contributed by atoms with Crippen molar-refractivity contribution in [2.24, 2.45) is 0 Å². The lowest BCUT2D eigenvalue weighted by Gasteiger charge is -2.23. The van der Waals surface area contributed by atoms with Crippen molar-refractivity contribution in [2.75, 3.05) is 14.1 Å². The van der Waals surface area contributed by atoms with Crippen LogP contribution in [0.2, 0.25) is 0 Å². The maximum absolute atomic E-state index is 11.7. The van der Waals surface area contributed by atoms with Gasteiger partial charge in [0.05, 0.1) is 36.4 Å². The molecule has 8 rings (SSSR count). The minimum atomic E-state index is -0.996. The van der Waals surface area contributed by atoms with Crippen LogP contribution in [0.15, 0.2) is 97.8 Å². The van der Waals surface area contributed by atoms with Crippen LogP contribution >= 0.6 is 0 Å². The molecule has 10 heteroatoms. The Labute approximate surface area is 265 Å². The van der Waals surface area contributed by atoms with E-state index < -0.39 is 11.2 Å². The molecule has 232 valence electrons. The average Bonchev–Trinajstić information content (AvgIpc) is 3.89. The quantitative estimate of drug-likeness (QED) is 0.237. The SMILES string of the molecule is CNC(=O)c1ccc2cc([C@]3(O)CCn4cncc43)ccc2c1.CNC(=O)c1ccc2cc([C@]3(O)CCn4cncc43)ccc2c1. The monoisotopic (exact) mass is 614 g/mol. The van der Waals surface area contributed by atoms with E-state index in [1.54, 1.807) is 51.3 Å². The molecule has 0 aliphatic carbocycles. The number of nitrogens with zero attached hydrogens (tertiary/aromatic N) is 4. The molecule has 0 fully saturated rings. The Balaban J connectivity index is 0.000000147. The summed E-state index contributed by atoms with van der Waals surface area (Å²) in [5, 5.41) is 31.4. The van der Waals surface area contributed by atoms with Crippen LogP contribution in [0.25, 0.3) is 21.5 Å². The van der Waals surface area contributed by atoms with Gasteiger partial charge < -0.3 is 30.0 Å². The van der Waals surface area contributed by atoms with Gasteiger partial charge in [-0.25, -0.2) is 9.97 Å². The number of aryl methyl sites for hydroxylation is 2. The molecule has 2 aliphatic rings. The van der Waals surface area contributed by atoms with Crippen LogP contribution in [0, 0.1) is 0 Å². The Bertz CT molecular complexity index is 1980. The van der Waals surface area contributed by atoms with Crippen molar-refractivity contribution >= 4 is 33.4 Å². The number of fused-ring (bicyclic) bond motifs is 4. The van der Waals surface area contributed by atoms with E-state index in [1.165, 1.54) is 0 Å². The third kappa shape index (κ3) is 4.83. The van der Waals surface area contributed by atoms with Crippen LogP contribution in [0.1, 0.15) is 56.1 Å². The van der Waals surface area contributed by atoms with Gasteiger partial charge in [0, 0.05) is 51.2 Å². The molecule has 2 atom stereocenters. The van der Waals surface area contributed by atoms with Gasteiger partial charge in [-0.1, -0.05) is 36.4 Å². The number of aromatic nitrogens is 4. The number of rotatable bonds is 4. The molecule has 6 aromatic rings. The first-order chi connectivity index (χ1) is 22.2. The molecule has 4 N–H and O–H groups in total. The average molecular weight is 615 g/mol. The Morgan fingerprint density at radius 2 is 1.02 bits per heavy atom. The summed E-state index contributed by atoms with van der Waals surface area (Å²) in [5.74, 6) is -0.205. The molecule has 46 heavy (non-hydrogen) atoms. The van der Waals surface area contributed by atoms with E-state index in [0.717, 1.165) is 57.1 Å². The van der Waals surface area contributed by atoms with Crippen LogP contribution in [-0.2, 0) is 24.3 Å². The normalized spacial score (nSPS) is 19.7. The topological polar surface area (TPSA) is 134 Å². The van der Waals surface area contributed by atoms with Crippen molar-refractivity contribution in [3.8, 4) is 0 Å². The number of hydrogen-bond donors (Lipinski definition) is 4. The van der Waals surface area contributed by atoms with E-state index in [-0.39, 0.29) is 11.8 Å². The van der Waals surface area contributed by atoms with Gasteiger partial charge in [0.2, 0.25) is 0 Å². The highest BCUT2D eigenvalue weighted by Crippen LogP contribution is 2.40. The van der Waals surface area contributed by atoms with Gasteiger partial charge >= 0.3 is 0 Å². The second kappa shape index (κ2) is 11.2. The highest BCUT2D eigenvalue weighted by molar-refractivity contribution is 5.99. The number of hydrogen-bond acceptors (Lipinski definition) is 6. The van der Waals surface area contributed by atoms with Gasteiger partial charge in [0.15, 0.2) is 0 Å². The molecule has 2 aliphatic heterocycles. The lowest BCUT2D eigenvalue weighted by Crippen LogP contribution is -2.23. The smallest absolute Gasteiger partial charge is 0.251 e. The molecule has 0 unspecified atom stereocenters. The summed E-state index contributed by atoms with van der Waals surface area (Å²) >= 11 is 0. The van der Waals surface area contributed by atoms with Crippen molar-refractivity contribution in [3.05, 3.63) is 131 Å². The summed E-state index contributed by atoms with van der Waals surface area (Å²) in [6.07, 6.45) is 8.26. The summed E-state index contributed by atoms with van der Waals surface area (Å²) in [7, 11) is 3.24. The summed E-state index contributed by atoms with van der Waals surface area (Å²) in [6.45, 7) is 1.53. The number of imidazole rings is 2. The Hall–Kier alpha value is -5.32. The van der Waals surface area contributed by atoms with Gasteiger partial charge in [-0.2, -0.15) is 0 Å². The fraction of sp³-hybridized carbons (Fsp3) is 0.222. The summed E-state index contributed by atoms with van der Waals surface area (Å²) in [5.41, 5.74) is 2.65. The summed E-state index contributed by atoms with van der Waals surface area (Å²) in [6, 6.07) is 22.9. The standard InChI is InChI=1S/2C18H17N3O2/c2*1-19-17(22)14-3-2-13-9-15(5-4-12(13)8-14)18(23)6-7-21-11-20-10-16(18)21/h2*2-5,8-11,23H,6-7H2,1H3,(H,19,22)/t2*18-/m11/s1. The predicted molar refractivity (Wildman–Crippen MR) is 174 cm³/mol. The summed E-state index contributed by atoms with van der Waals surface area (Å²) < 4.78 is 3.97. The molecule has 0 spiro atoms. The van der Waals surface area contributed by atoms with E-state index in [2.05, 4.69) is 20.6 Å². The molecule has 0 radical (unpaired) electrons. The third-order valence-corrected chi connectivity index (χ3v) is 9.32. The predicted octanol–water partition coefficient (Wildman–Crippen LogP) is 4.07. The van der Waals surface area contributed by atoms with Crippen LogP contribution in [0.3, 0.4) is 0 Å². The van der Waals surface area contributed by atoms with E-state index in [9.17, 15) is 19.8 Å². The van der Waals surface area contributed by atoms with Gasteiger partial charge in [-0.05, 0) is 69.1 Å². The lowest BCUT2D eigenvalue weighted by atomic mass is 9.88. The molecule has 0 bridgehead atoms. The number of benzene rings is 4. The number of nitrogens with one attached hydrogen (secondary N) is 2. The highest BCUT2D eigenvalue weighted by atomic mass is 16.3. The molecule has 2 amide bonds. The van der Waals surface area contributed by atoms with Gasteiger partial charge in [0.25, 0.3) is 11.8 Å². The fourth-order valence-electron chi connectivity index (χ4n) is 6.67. The molecule has 4 aromatic carbocycles. The van der Waals surface area contributed by atoms with Crippen molar-refractivity contribution in [2.45, 2.75) is 37.1 Å². The number of carbonyl (C=O) groups is 2. The summed E-state index contributed by atoms with van der Waals surface area (Å²) in [4.78, 5) is 31.7. The molecule has 0 saturated carbocycles. The highest BCUT2D eigenvalue weighted by Gasteiger charge is 2.40. The molecular formula is C36H34N6O4. The Morgan fingerprint density at radius 3 is 1.43 bits per heavy atom. The second-order valence-corrected chi connectivity index (χ2v) is 11.9. The van der Waals surface area contributed by atoms with Crippen LogP contribution < -0.4 is 10.6 Å². The first kappa shape index (κ1) is 29.4. The molecule has 0 saturated heterocycles. The van der Waals surface area contributed by atoms with Gasteiger partial charge in [-0.3, -0.25) is 9.59 Å². The molecule has 2 aromatic heterocycles. The zero-order chi connectivity index (χ0) is 32.1. The van der Waals surface area contributed by atoms with Crippen LogP contribution in [0.5, 0.6) is 0 Å². The minimum Gasteiger partial charge on any atom is -0.379 e. The van der Waals surface area contributed by atoms with Crippen LogP contribution in [-0.4, -0.2) is 55.2 Å². The van der Waals surface area contributed by atoms with Gasteiger partial charge in [0.1, 0.15) is 11.2 Å². The van der Waals surface area contributed by atoms with E-state index in [4.69, 9.17) is 0 Å². The third-order valence-electron chi connectivity index (χ3n) is 9.32. The molecule has 10 nitrogen and oxygen atoms in total. The largest absolute Gasteiger partial charge is 0.379 e. The number of amides is 2. The maximum Gasteiger partial charge on any atom is 0.251 e. The van der Waals surface area contributed by atoms with Crippen molar-refractivity contribution in [1.82, 2.24) is 29.7 Å². The number of carbonyl (C=O) groups excluding carboxylic acids is 2. The van der Waals surface area contributed by atoms with Gasteiger partial charge in [-0.15, -0.1) is 0 Å². The number of aliphatic hydroxyl groups is 2. The lowest BCUT2D eigenvalue weighted by molar-refractivity contribution is 0.0823. The first-order valence-corrected chi connectivity index (χ1v) is 15.2. The van der Waals surface area contributed by atoms with Crippen molar-refractivity contribution in [3.63, 3.8) is 0 Å². The second-order valence-electron chi connectivity index (χ2n) is 11.9. The maximum atomic E-state index is 11.7. The zero-order valence-electron chi connectivity index (χ0n) is 25.6. The van der Waals surface area contributed by atoms with E-state index in [0.29, 0.717) is 24.0 Å². The molecule has 4 heterocycles. The first-order valence-electron chi connectivity index (χ1n) is 15.2. The van der Waals surface area contributed by atoms with E-state index in [1.807, 2.05) is 69.8 Å². The minimum absolute atomic E-state index is 0.103. The Morgan fingerprint density at radius 1 is 0.630 bits per heavy atom. The van der Waals surface area contributed by atoms with Crippen LogP contribution in [0.4, 0.5) is 0 Å².